The van der Waals surface area contributed by atoms with Gasteiger partial charge in [-0.2, -0.15) is 0 Å². The van der Waals surface area contributed by atoms with Crippen molar-refractivity contribution in [3.05, 3.63) is 59.7 Å². The summed E-state index contributed by atoms with van der Waals surface area (Å²) in [6, 6.07) is 14.1. The summed E-state index contributed by atoms with van der Waals surface area (Å²) in [6.07, 6.45) is 5.67. The highest BCUT2D eigenvalue weighted by atomic mass is 32.2. The number of hydrogen-bond donors (Lipinski definition) is 1. The second-order valence-corrected chi connectivity index (χ2v) is 9.67. The van der Waals surface area contributed by atoms with Crippen LogP contribution in [-0.4, -0.2) is 34.2 Å². The Bertz CT molecular complexity index is 942. The molecule has 0 radical (unpaired) electrons. The fourth-order valence-corrected chi connectivity index (χ4v) is 4.32. The van der Waals surface area contributed by atoms with Crippen LogP contribution in [0.15, 0.2) is 48.5 Å². The smallest absolute Gasteiger partial charge is 0.251 e. The van der Waals surface area contributed by atoms with Crippen LogP contribution in [0.3, 0.4) is 0 Å². The number of para-hydroxylation sites is 2. The highest BCUT2D eigenvalue weighted by molar-refractivity contribution is 7.92. The Balaban J connectivity index is 2.10. The van der Waals surface area contributed by atoms with Crippen molar-refractivity contribution in [2.75, 3.05) is 24.2 Å². The number of ether oxygens (including phenoxy) is 1. The van der Waals surface area contributed by atoms with Crippen LogP contribution in [0.2, 0.25) is 0 Å². The lowest BCUT2D eigenvalue weighted by Crippen LogP contribution is -2.30. The van der Waals surface area contributed by atoms with E-state index in [4.69, 9.17) is 4.74 Å². The van der Waals surface area contributed by atoms with Gasteiger partial charge in [0.1, 0.15) is 5.75 Å². The molecule has 1 atom stereocenters. The van der Waals surface area contributed by atoms with Crippen LogP contribution in [0.1, 0.15) is 55.5 Å². The highest BCUT2D eigenvalue weighted by Crippen LogP contribution is 2.30. The molecule has 0 saturated carbocycles. The predicted molar refractivity (Wildman–Crippen MR) is 126 cm³/mol. The molecule has 6 nitrogen and oxygen atoms in total. The first-order valence-electron chi connectivity index (χ1n) is 10.8. The van der Waals surface area contributed by atoms with Gasteiger partial charge < -0.3 is 10.1 Å². The molecule has 1 N–H and O–H groups in total. The van der Waals surface area contributed by atoms with Crippen molar-refractivity contribution in [3.63, 3.8) is 0 Å². The molecule has 0 spiro atoms. The van der Waals surface area contributed by atoms with E-state index in [1.54, 1.807) is 48.5 Å². The lowest BCUT2D eigenvalue weighted by molar-refractivity contribution is 0.0946. The molecule has 0 aliphatic carbocycles. The quantitative estimate of drug-likeness (QED) is 0.517. The van der Waals surface area contributed by atoms with Gasteiger partial charge in [0, 0.05) is 12.1 Å². The molecule has 1 unspecified atom stereocenters. The molecule has 1 amide bonds. The molecule has 0 aliphatic rings. The summed E-state index contributed by atoms with van der Waals surface area (Å²) in [6.45, 7) is 5.14. The maximum atomic E-state index is 12.5. The molecule has 2 aromatic carbocycles. The van der Waals surface area contributed by atoms with Crippen molar-refractivity contribution >= 4 is 21.6 Å². The van der Waals surface area contributed by atoms with Gasteiger partial charge in [-0.25, -0.2) is 8.42 Å². The van der Waals surface area contributed by atoms with E-state index in [9.17, 15) is 13.2 Å². The fourth-order valence-electron chi connectivity index (χ4n) is 3.43. The third-order valence-corrected chi connectivity index (χ3v) is 6.52. The van der Waals surface area contributed by atoms with Crippen LogP contribution in [0.5, 0.6) is 5.75 Å². The number of nitrogens with one attached hydrogen (secondary N) is 1. The van der Waals surface area contributed by atoms with Gasteiger partial charge in [-0.05, 0) is 42.2 Å². The van der Waals surface area contributed by atoms with Crippen LogP contribution in [0.4, 0.5) is 5.69 Å². The van der Waals surface area contributed by atoms with Crippen molar-refractivity contribution in [2.45, 2.75) is 46.1 Å². The summed E-state index contributed by atoms with van der Waals surface area (Å²) in [4.78, 5) is 12.5. The minimum atomic E-state index is -3.53. The largest absolute Gasteiger partial charge is 0.495 e. The zero-order valence-corrected chi connectivity index (χ0v) is 19.7. The van der Waals surface area contributed by atoms with Crippen molar-refractivity contribution in [3.8, 4) is 5.75 Å². The average molecular weight is 447 g/mol. The molecule has 170 valence electrons. The fraction of sp³-hybridized carbons (Fsp3) is 0.458. The monoisotopic (exact) mass is 446 g/mol. The van der Waals surface area contributed by atoms with Crippen molar-refractivity contribution in [1.82, 2.24) is 5.32 Å². The number of benzene rings is 2. The first-order valence-corrected chi connectivity index (χ1v) is 12.6. The third-order valence-electron chi connectivity index (χ3n) is 5.39. The number of hydrogen-bond acceptors (Lipinski definition) is 4. The van der Waals surface area contributed by atoms with E-state index in [2.05, 4.69) is 19.2 Å². The molecule has 0 heterocycles. The number of amides is 1. The minimum absolute atomic E-state index is 0.105. The molecule has 0 saturated heterocycles. The molecule has 0 fully saturated rings. The van der Waals surface area contributed by atoms with E-state index < -0.39 is 10.0 Å². The first kappa shape index (κ1) is 24.7. The predicted octanol–water partition coefficient (Wildman–Crippen LogP) is 4.61. The van der Waals surface area contributed by atoms with Crippen molar-refractivity contribution < 1.29 is 17.9 Å². The van der Waals surface area contributed by atoms with E-state index in [0.29, 0.717) is 29.5 Å². The van der Waals surface area contributed by atoms with Gasteiger partial charge in [-0.3, -0.25) is 9.10 Å². The zero-order chi connectivity index (χ0) is 22.9. The second-order valence-electron chi connectivity index (χ2n) is 7.76. The Kier molecular flexibility index (Phi) is 9.37. The zero-order valence-electron chi connectivity index (χ0n) is 18.9. The number of anilines is 1. The van der Waals surface area contributed by atoms with E-state index in [-0.39, 0.29) is 12.5 Å². The number of unbranched alkanes of at least 4 members (excludes halogenated alkanes) is 1. The Labute approximate surface area is 186 Å². The summed E-state index contributed by atoms with van der Waals surface area (Å²) < 4.78 is 31.5. The maximum Gasteiger partial charge on any atom is 0.251 e. The lowest BCUT2D eigenvalue weighted by atomic mass is 9.99. The van der Waals surface area contributed by atoms with Gasteiger partial charge in [0.15, 0.2) is 0 Å². The number of nitrogens with zero attached hydrogens (tertiary/aromatic N) is 1. The minimum Gasteiger partial charge on any atom is -0.495 e. The van der Waals surface area contributed by atoms with Crippen LogP contribution in [0, 0.1) is 5.92 Å². The maximum absolute atomic E-state index is 12.5. The van der Waals surface area contributed by atoms with Crippen LogP contribution in [-0.2, 0) is 16.6 Å². The molecule has 7 heteroatoms. The van der Waals surface area contributed by atoms with Gasteiger partial charge in [-0.15, -0.1) is 0 Å². The Morgan fingerprint density at radius 3 is 2.35 bits per heavy atom. The molecule has 0 aromatic heterocycles. The number of sulfonamides is 1. The van der Waals surface area contributed by atoms with Gasteiger partial charge in [0.2, 0.25) is 10.0 Å². The van der Waals surface area contributed by atoms with Crippen molar-refractivity contribution in [1.29, 1.82) is 0 Å². The van der Waals surface area contributed by atoms with Gasteiger partial charge >= 0.3 is 0 Å². The summed E-state index contributed by atoms with van der Waals surface area (Å²) in [5, 5.41) is 3.02. The SMILES string of the molecule is CCCCC(CC)CNC(=O)c1ccc(CN(c2ccccc2OC)S(C)(=O)=O)cc1. The highest BCUT2D eigenvalue weighted by Gasteiger charge is 2.21. The molecule has 31 heavy (non-hydrogen) atoms. The summed E-state index contributed by atoms with van der Waals surface area (Å²) >= 11 is 0. The summed E-state index contributed by atoms with van der Waals surface area (Å²) in [5.41, 5.74) is 1.83. The number of rotatable bonds is 12. The van der Waals surface area contributed by atoms with E-state index in [1.807, 2.05) is 0 Å². The Hall–Kier alpha value is -2.54. The Morgan fingerprint density at radius 2 is 1.77 bits per heavy atom. The van der Waals surface area contributed by atoms with E-state index in [1.165, 1.54) is 24.1 Å². The van der Waals surface area contributed by atoms with Gasteiger partial charge in [0.05, 0.1) is 25.6 Å². The van der Waals surface area contributed by atoms with E-state index in [0.717, 1.165) is 24.8 Å². The van der Waals surface area contributed by atoms with E-state index >= 15 is 0 Å². The summed E-state index contributed by atoms with van der Waals surface area (Å²) in [5.74, 6) is 0.871. The lowest BCUT2D eigenvalue weighted by Gasteiger charge is -2.24. The molecular formula is C24H34N2O4S. The average Bonchev–Trinajstić information content (AvgIpc) is 2.77. The van der Waals surface area contributed by atoms with Crippen LogP contribution in [0.25, 0.3) is 0 Å². The second kappa shape index (κ2) is 11.7. The summed E-state index contributed by atoms with van der Waals surface area (Å²) in [7, 11) is -2.02. The van der Waals surface area contributed by atoms with Crippen LogP contribution < -0.4 is 14.4 Å². The number of carbonyl (C=O) groups excluding carboxylic acids is 1. The molecule has 0 aliphatic heterocycles. The molecule has 2 rings (SSSR count). The topological polar surface area (TPSA) is 75.7 Å². The van der Waals surface area contributed by atoms with Gasteiger partial charge in [0.25, 0.3) is 5.91 Å². The molecule has 0 bridgehead atoms. The normalized spacial score (nSPS) is 12.3. The van der Waals surface area contributed by atoms with Gasteiger partial charge in [-0.1, -0.05) is 57.4 Å². The molecule has 2 aromatic rings. The number of methoxy groups -OCH3 is 1. The van der Waals surface area contributed by atoms with Crippen molar-refractivity contribution in [2.24, 2.45) is 5.92 Å². The first-order chi connectivity index (χ1) is 14.8. The Morgan fingerprint density at radius 1 is 1.10 bits per heavy atom. The number of carbonyl (C=O) groups is 1. The molecular weight excluding hydrogens is 412 g/mol. The third kappa shape index (κ3) is 7.28. The van der Waals surface area contributed by atoms with Crippen LogP contribution >= 0.6 is 0 Å². The standard InChI is InChI=1S/C24H34N2O4S/c1-5-7-10-19(6-2)17-25-24(27)21-15-13-20(14-16-21)18-26(31(4,28)29)22-11-8-9-12-23(22)30-3/h8-9,11-16,19H,5-7,10,17-18H2,1-4H3,(H,25,27).